The van der Waals surface area contributed by atoms with Crippen LogP contribution in [0.25, 0.3) is 10.2 Å². The van der Waals surface area contributed by atoms with E-state index in [-0.39, 0.29) is 11.2 Å². The van der Waals surface area contributed by atoms with Gasteiger partial charge in [0.1, 0.15) is 4.83 Å². The zero-order valence-electron chi connectivity index (χ0n) is 12.0. The summed E-state index contributed by atoms with van der Waals surface area (Å²) in [6.45, 7) is 6.10. The Morgan fingerprint density at radius 2 is 2.05 bits per heavy atom. The average Bonchev–Trinajstić information content (AvgIpc) is 2.75. The minimum absolute atomic E-state index is 0.190. The van der Waals surface area contributed by atoms with Gasteiger partial charge in [-0.25, -0.2) is 4.79 Å². The third-order valence-corrected chi connectivity index (χ3v) is 4.80. The van der Waals surface area contributed by atoms with E-state index in [2.05, 4.69) is 5.32 Å². The second kappa shape index (κ2) is 5.90. The van der Waals surface area contributed by atoms with Crippen molar-refractivity contribution in [3.05, 3.63) is 31.3 Å². The number of hydrogen-bond donors (Lipinski definition) is 2. The van der Waals surface area contributed by atoms with Crippen molar-refractivity contribution in [2.75, 3.05) is 13.1 Å². The first-order chi connectivity index (χ1) is 9.52. The lowest BCUT2D eigenvalue weighted by Crippen LogP contribution is -2.38. The molecule has 0 aromatic carbocycles. The van der Waals surface area contributed by atoms with Crippen LogP contribution in [0.2, 0.25) is 0 Å². The number of aryl methyl sites for hydroxylation is 2. The molecular weight excluding hydrogens is 276 g/mol. The maximum absolute atomic E-state index is 12.4. The standard InChI is InChI=1S/C13H20N4O2S/c1-4-17-11(18)10-8(2)9(7-15-6-5-14)20-12(10)16(3)13(17)19/h15H,4-7,14H2,1-3H3. The Morgan fingerprint density at radius 1 is 1.35 bits per heavy atom. The van der Waals surface area contributed by atoms with E-state index >= 15 is 0 Å². The van der Waals surface area contributed by atoms with Crippen LogP contribution in [0.15, 0.2) is 9.59 Å². The highest BCUT2D eigenvalue weighted by atomic mass is 32.1. The Balaban J connectivity index is 2.65. The molecule has 0 saturated heterocycles. The molecule has 2 aromatic rings. The van der Waals surface area contributed by atoms with Crippen molar-refractivity contribution in [2.45, 2.75) is 26.9 Å². The molecule has 6 nitrogen and oxygen atoms in total. The molecular formula is C13H20N4O2S. The van der Waals surface area contributed by atoms with Gasteiger partial charge in [0.15, 0.2) is 0 Å². The van der Waals surface area contributed by atoms with E-state index in [1.165, 1.54) is 15.9 Å². The van der Waals surface area contributed by atoms with E-state index in [1.54, 1.807) is 18.5 Å². The summed E-state index contributed by atoms with van der Waals surface area (Å²) in [6.07, 6.45) is 0. The normalized spacial score (nSPS) is 11.4. The van der Waals surface area contributed by atoms with E-state index in [1.807, 2.05) is 6.92 Å². The lowest BCUT2D eigenvalue weighted by molar-refractivity contribution is 0.642. The van der Waals surface area contributed by atoms with Gasteiger partial charge in [0.05, 0.1) is 5.39 Å². The van der Waals surface area contributed by atoms with Crippen LogP contribution < -0.4 is 22.3 Å². The third-order valence-electron chi connectivity index (χ3n) is 3.43. The van der Waals surface area contributed by atoms with Gasteiger partial charge in [-0.1, -0.05) is 0 Å². The van der Waals surface area contributed by atoms with Crippen LogP contribution in [0, 0.1) is 6.92 Å². The van der Waals surface area contributed by atoms with Crippen LogP contribution in [0.3, 0.4) is 0 Å². The fourth-order valence-electron chi connectivity index (χ4n) is 2.27. The Morgan fingerprint density at radius 3 is 2.65 bits per heavy atom. The zero-order chi connectivity index (χ0) is 14.9. The van der Waals surface area contributed by atoms with E-state index in [0.717, 1.165) is 21.8 Å². The van der Waals surface area contributed by atoms with Crippen LogP contribution in [0.1, 0.15) is 17.4 Å². The number of nitrogens with two attached hydrogens (primary N) is 1. The molecule has 0 aliphatic carbocycles. The van der Waals surface area contributed by atoms with E-state index in [0.29, 0.717) is 25.0 Å². The Labute approximate surface area is 120 Å². The highest BCUT2D eigenvalue weighted by Crippen LogP contribution is 2.27. The predicted molar refractivity (Wildman–Crippen MR) is 82.5 cm³/mol. The van der Waals surface area contributed by atoms with Gasteiger partial charge in [-0.15, -0.1) is 11.3 Å². The van der Waals surface area contributed by atoms with Crippen LogP contribution in [-0.2, 0) is 20.1 Å². The van der Waals surface area contributed by atoms with Crippen LogP contribution in [0.4, 0.5) is 0 Å². The number of hydrogen-bond acceptors (Lipinski definition) is 5. The van der Waals surface area contributed by atoms with Gasteiger partial charge in [-0.05, 0) is 19.4 Å². The number of fused-ring (bicyclic) bond motifs is 1. The van der Waals surface area contributed by atoms with Crippen molar-refractivity contribution < 1.29 is 0 Å². The fourth-order valence-corrected chi connectivity index (χ4v) is 3.49. The second-order valence-electron chi connectivity index (χ2n) is 4.69. The summed E-state index contributed by atoms with van der Waals surface area (Å²) in [5.74, 6) is 0. The van der Waals surface area contributed by atoms with Gasteiger partial charge in [0.25, 0.3) is 5.56 Å². The van der Waals surface area contributed by atoms with Crippen molar-refractivity contribution in [3.8, 4) is 0 Å². The maximum Gasteiger partial charge on any atom is 0.331 e. The Hall–Kier alpha value is -1.44. The number of nitrogens with one attached hydrogen (secondary N) is 1. The van der Waals surface area contributed by atoms with E-state index in [4.69, 9.17) is 5.73 Å². The van der Waals surface area contributed by atoms with Crippen LogP contribution in [-0.4, -0.2) is 22.2 Å². The summed E-state index contributed by atoms with van der Waals surface area (Å²) in [5.41, 5.74) is 5.96. The molecule has 2 rings (SSSR count). The molecule has 20 heavy (non-hydrogen) atoms. The number of aromatic nitrogens is 2. The molecule has 0 bridgehead atoms. The maximum atomic E-state index is 12.4. The highest BCUT2D eigenvalue weighted by Gasteiger charge is 2.17. The van der Waals surface area contributed by atoms with Crippen LogP contribution >= 0.6 is 11.3 Å². The summed E-state index contributed by atoms with van der Waals surface area (Å²) >= 11 is 1.49. The average molecular weight is 296 g/mol. The molecule has 0 radical (unpaired) electrons. The summed E-state index contributed by atoms with van der Waals surface area (Å²) in [7, 11) is 1.71. The smallest absolute Gasteiger partial charge is 0.329 e. The molecule has 7 heteroatoms. The molecule has 0 spiro atoms. The first-order valence-corrected chi connectivity index (χ1v) is 7.47. The lowest BCUT2D eigenvalue weighted by Gasteiger charge is -2.05. The fraction of sp³-hybridized carbons (Fsp3) is 0.538. The van der Waals surface area contributed by atoms with Gasteiger partial charge in [0.2, 0.25) is 0 Å². The van der Waals surface area contributed by atoms with Crippen LogP contribution in [0.5, 0.6) is 0 Å². The molecule has 2 aromatic heterocycles. The summed E-state index contributed by atoms with van der Waals surface area (Å²) in [6, 6.07) is 0. The first-order valence-electron chi connectivity index (χ1n) is 6.65. The number of nitrogens with zero attached hydrogens (tertiary/aromatic N) is 2. The minimum Gasteiger partial charge on any atom is -0.329 e. The topological polar surface area (TPSA) is 82.0 Å². The molecule has 0 atom stereocenters. The monoisotopic (exact) mass is 296 g/mol. The predicted octanol–water partition coefficient (Wildman–Crippen LogP) is 0.138. The number of rotatable bonds is 5. The summed E-state index contributed by atoms with van der Waals surface area (Å²) < 4.78 is 2.84. The lowest BCUT2D eigenvalue weighted by atomic mass is 10.2. The quantitative estimate of drug-likeness (QED) is 0.769. The van der Waals surface area contributed by atoms with Crippen molar-refractivity contribution in [1.29, 1.82) is 0 Å². The molecule has 0 fully saturated rings. The van der Waals surface area contributed by atoms with Gasteiger partial charge in [0, 0.05) is 38.1 Å². The van der Waals surface area contributed by atoms with Crippen molar-refractivity contribution in [2.24, 2.45) is 12.8 Å². The van der Waals surface area contributed by atoms with Gasteiger partial charge >= 0.3 is 5.69 Å². The van der Waals surface area contributed by atoms with Crippen molar-refractivity contribution >= 4 is 21.6 Å². The SMILES string of the molecule is CCn1c(=O)c2c(C)c(CNCCN)sc2n(C)c1=O. The molecule has 0 aliphatic heterocycles. The first kappa shape index (κ1) is 15.0. The summed E-state index contributed by atoms with van der Waals surface area (Å²) in [4.78, 5) is 26.3. The minimum atomic E-state index is -0.257. The Kier molecular flexibility index (Phi) is 4.42. The second-order valence-corrected chi connectivity index (χ2v) is 5.77. The van der Waals surface area contributed by atoms with Gasteiger partial charge in [-0.3, -0.25) is 13.9 Å². The molecule has 3 N–H and O–H groups in total. The summed E-state index contributed by atoms with van der Waals surface area (Å²) in [5, 5.41) is 3.88. The molecule has 0 amide bonds. The third kappa shape index (κ3) is 2.32. The van der Waals surface area contributed by atoms with Gasteiger partial charge in [-0.2, -0.15) is 0 Å². The van der Waals surface area contributed by atoms with E-state index < -0.39 is 0 Å². The largest absolute Gasteiger partial charge is 0.331 e. The van der Waals surface area contributed by atoms with Crippen molar-refractivity contribution in [3.63, 3.8) is 0 Å². The molecule has 2 heterocycles. The molecule has 0 saturated carbocycles. The zero-order valence-corrected chi connectivity index (χ0v) is 12.8. The number of thiophene rings is 1. The highest BCUT2D eigenvalue weighted by molar-refractivity contribution is 7.18. The Bertz CT molecular complexity index is 741. The molecule has 0 aliphatic rings. The molecule has 110 valence electrons. The van der Waals surface area contributed by atoms with E-state index in [9.17, 15) is 9.59 Å². The molecule has 0 unspecified atom stereocenters. The van der Waals surface area contributed by atoms with Crippen molar-refractivity contribution in [1.82, 2.24) is 14.5 Å². The van der Waals surface area contributed by atoms with Gasteiger partial charge < -0.3 is 11.1 Å².